The molecule has 5 nitrogen and oxygen atoms in total. The summed E-state index contributed by atoms with van der Waals surface area (Å²) >= 11 is 1.54. The second-order valence-corrected chi connectivity index (χ2v) is 7.87. The first-order chi connectivity index (χ1) is 12.6. The Morgan fingerprint density at radius 1 is 1.12 bits per heavy atom. The third-order valence-electron chi connectivity index (χ3n) is 5.18. The summed E-state index contributed by atoms with van der Waals surface area (Å²) in [5.74, 6) is 1.12. The monoisotopic (exact) mass is 384 g/mol. The van der Waals surface area contributed by atoms with Gasteiger partial charge in [-0.1, -0.05) is 46.4 Å². The Balaban J connectivity index is 0.000000791. The van der Waals surface area contributed by atoms with Crippen LogP contribution in [-0.2, 0) is 4.79 Å². The van der Waals surface area contributed by atoms with E-state index in [1.165, 1.54) is 25.9 Å². The molecule has 3 heterocycles. The maximum atomic E-state index is 12.4. The standard InChI is InChI=1S/C16H28N4OS.2C2H6/c1-12-2-6-19(7-3-12)14-4-8-20(9-5-14)15(21)10-13-11-22-16(17)18-13;2*1-2/h11-12,14,16,18H,2-10,17H2,1H3;2*1-2H3. The molecule has 2 fully saturated rings. The lowest BCUT2D eigenvalue weighted by Crippen LogP contribution is -2.49. The van der Waals surface area contributed by atoms with Crippen LogP contribution in [-0.4, -0.2) is 53.4 Å². The molecule has 0 spiro atoms. The maximum Gasteiger partial charge on any atom is 0.228 e. The van der Waals surface area contributed by atoms with Crippen LogP contribution >= 0.6 is 11.8 Å². The Hall–Kier alpha value is -0.720. The summed E-state index contributed by atoms with van der Waals surface area (Å²) < 4.78 is 0. The summed E-state index contributed by atoms with van der Waals surface area (Å²) in [6.07, 6.45) is 5.38. The predicted molar refractivity (Wildman–Crippen MR) is 114 cm³/mol. The number of carbonyl (C=O) groups is 1. The minimum absolute atomic E-state index is 0.0879. The maximum absolute atomic E-state index is 12.4. The zero-order valence-electron chi connectivity index (χ0n) is 17.5. The number of rotatable bonds is 3. The van der Waals surface area contributed by atoms with Crippen LogP contribution in [0.15, 0.2) is 11.1 Å². The lowest BCUT2D eigenvalue weighted by Gasteiger charge is -2.41. The van der Waals surface area contributed by atoms with E-state index in [0.29, 0.717) is 12.5 Å². The van der Waals surface area contributed by atoms with Crippen molar-refractivity contribution in [2.75, 3.05) is 26.2 Å². The minimum Gasteiger partial charge on any atom is -0.364 e. The molecule has 2 saturated heterocycles. The van der Waals surface area contributed by atoms with Crippen molar-refractivity contribution in [3.05, 3.63) is 11.1 Å². The smallest absolute Gasteiger partial charge is 0.228 e. The van der Waals surface area contributed by atoms with Gasteiger partial charge in [0.25, 0.3) is 0 Å². The second-order valence-electron chi connectivity index (χ2n) is 6.85. The van der Waals surface area contributed by atoms with Crippen LogP contribution in [0.25, 0.3) is 0 Å². The molecule has 3 aliphatic rings. The van der Waals surface area contributed by atoms with Gasteiger partial charge < -0.3 is 20.9 Å². The molecule has 3 aliphatic heterocycles. The predicted octanol–water partition coefficient (Wildman–Crippen LogP) is 3.57. The van der Waals surface area contributed by atoms with Crippen LogP contribution in [0.3, 0.4) is 0 Å². The molecule has 1 amide bonds. The lowest BCUT2D eigenvalue weighted by molar-refractivity contribution is -0.132. The number of hydrogen-bond acceptors (Lipinski definition) is 5. The zero-order valence-corrected chi connectivity index (χ0v) is 18.3. The Morgan fingerprint density at radius 2 is 1.69 bits per heavy atom. The van der Waals surface area contributed by atoms with Crippen LogP contribution in [0.4, 0.5) is 0 Å². The van der Waals surface area contributed by atoms with E-state index in [1.807, 2.05) is 38.0 Å². The normalized spacial score (nSPS) is 24.6. The SMILES string of the molecule is CC.CC.CC1CCN(C2CCN(C(=O)CC3=CSC(N)N3)CC2)CC1. The first kappa shape index (κ1) is 23.3. The minimum atomic E-state index is -0.0879. The quantitative estimate of drug-likeness (QED) is 0.779. The van der Waals surface area contributed by atoms with Crippen molar-refractivity contribution >= 4 is 17.7 Å². The number of piperidine rings is 2. The molecule has 0 aromatic carbocycles. The molecule has 0 aromatic rings. The largest absolute Gasteiger partial charge is 0.364 e. The number of nitrogens with two attached hydrogens (primary N) is 1. The van der Waals surface area contributed by atoms with Crippen molar-refractivity contribution in [2.24, 2.45) is 11.7 Å². The summed E-state index contributed by atoms with van der Waals surface area (Å²) in [7, 11) is 0. The van der Waals surface area contributed by atoms with Gasteiger partial charge in [-0.3, -0.25) is 4.79 Å². The molecule has 1 unspecified atom stereocenters. The summed E-state index contributed by atoms with van der Waals surface area (Å²) in [5.41, 5.74) is 6.64. The Morgan fingerprint density at radius 3 is 2.19 bits per heavy atom. The molecular formula is C20H40N4OS. The van der Waals surface area contributed by atoms with Crippen molar-refractivity contribution in [3.63, 3.8) is 0 Å². The highest BCUT2D eigenvalue weighted by atomic mass is 32.2. The molecule has 0 saturated carbocycles. The van der Waals surface area contributed by atoms with Gasteiger partial charge in [0.1, 0.15) is 5.50 Å². The first-order valence-electron chi connectivity index (χ1n) is 10.5. The topological polar surface area (TPSA) is 61.6 Å². The molecule has 0 aliphatic carbocycles. The molecule has 26 heavy (non-hydrogen) atoms. The molecule has 6 heteroatoms. The molecule has 152 valence electrons. The van der Waals surface area contributed by atoms with E-state index >= 15 is 0 Å². The van der Waals surface area contributed by atoms with Gasteiger partial charge in [-0.25, -0.2) is 0 Å². The van der Waals surface area contributed by atoms with E-state index in [2.05, 4.69) is 17.1 Å². The molecule has 3 N–H and O–H groups in total. The van der Waals surface area contributed by atoms with E-state index < -0.39 is 0 Å². The van der Waals surface area contributed by atoms with Gasteiger partial charge in [0.05, 0.1) is 6.42 Å². The molecular weight excluding hydrogens is 344 g/mol. The first-order valence-corrected chi connectivity index (χ1v) is 11.4. The lowest BCUT2D eigenvalue weighted by atomic mass is 9.95. The van der Waals surface area contributed by atoms with E-state index in [0.717, 1.165) is 37.5 Å². The van der Waals surface area contributed by atoms with Crippen LogP contribution in [0, 0.1) is 5.92 Å². The van der Waals surface area contributed by atoms with Gasteiger partial charge in [-0.2, -0.15) is 0 Å². The Kier molecular flexibility index (Phi) is 11.3. The average Bonchev–Trinajstić information content (AvgIpc) is 3.10. The van der Waals surface area contributed by atoms with E-state index in [-0.39, 0.29) is 11.4 Å². The van der Waals surface area contributed by atoms with Crippen LogP contribution < -0.4 is 11.1 Å². The summed E-state index contributed by atoms with van der Waals surface area (Å²) in [6.45, 7) is 14.6. The fraction of sp³-hybridized carbons (Fsp3) is 0.850. The van der Waals surface area contributed by atoms with Crippen molar-refractivity contribution in [3.8, 4) is 0 Å². The number of amides is 1. The van der Waals surface area contributed by atoms with Crippen molar-refractivity contribution in [2.45, 2.75) is 78.3 Å². The third-order valence-corrected chi connectivity index (χ3v) is 6.01. The number of carbonyl (C=O) groups excluding carboxylic acids is 1. The molecule has 0 radical (unpaired) electrons. The fourth-order valence-electron chi connectivity index (χ4n) is 3.65. The van der Waals surface area contributed by atoms with Crippen molar-refractivity contribution in [1.82, 2.24) is 15.1 Å². The highest BCUT2D eigenvalue weighted by Gasteiger charge is 2.29. The van der Waals surface area contributed by atoms with Gasteiger partial charge in [0, 0.05) is 24.8 Å². The van der Waals surface area contributed by atoms with E-state index in [4.69, 9.17) is 5.73 Å². The highest BCUT2D eigenvalue weighted by molar-refractivity contribution is 8.02. The number of thioether (sulfide) groups is 1. The number of nitrogens with one attached hydrogen (secondary N) is 1. The Bertz CT molecular complexity index is 428. The van der Waals surface area contributed by atoms with Gasteiger partial charge in [-0.15, -0.1) is 0 Å². The van der Waals surface area contributed by atoms with Gasteiger partial charge in [-0.05, 0) is 50.1 Å². The number of nitrogens with zero attached hydrogens (tertiary/aromatic N) is 2. The number of hydrogen-bond donors (Lipinski definition) is 2. The van der Waals surface area contributed by atoms with Crippen LogP contribution in [0.2, 0.25) is 0 Å². The zero-order chi connectivity index (χ0) is 19.5. The molecule has 0 bridgehead atoms. The molecule has 0 aromatic heterocycles. The Labute approximate surface area is 165 Å². The summed E-state index contributed by atoms with van der Waals surface area (Å²) in [4.78, 5) is 17.0. The highest BCUT2D eigenvalue weighted by Crippen LogP contribution is 2.25. The van der Waals surface area contributed by atoms with Crippen LogP contribution in [0.1, 0.15) is 66.7 Å². The fourth-order valence-corrected chi connectivity index (χ4v) is 4.33. The van der Waals surface area contributed by atoms with Gasteiger partial charge in [0.2, 0.25) is 5.91 Å². The molecule has 1 atom stereocenters. The average molecular weight is 385 g/mol. The van der Waals surface area contributed by atoms with E-state index in [1.54, 1.807) is 11.8 Å². The van der Waals surface area contributed by atoms with Crippen LogP contribution in [0.5, 0.6) is 0 Å². The van der Waals surface area contributed by atoms with Gasteiger partial charge in [0.15, 0.2) is 0 Å². The van der Waals surface area contributed by atoms with Crippen molar-refractivity contribution < 1.29 is 4.79 Å². The third kappa shape index (κ3) is 7.12. The summed E-state index contributed by atoms with van der Waals surface area (Å²) in [5, 5.41) is 5.11. The van der Waals surface area contributed by atoms with E-state index in [9.17, 15) is 4.79 Å². The van der Waals surface area contributed by atoms with Gasteiger partial charge >= 0.3 is 0 Å². The molecule has 3 rings (SSSR count). The second kappa shape index (κ2) is 12.6. The summed E-state index contributed by atoms with van der Waals surface area (Å²) in [6, 6.07) is 0.685. The number of likely N-dealkylation sites (tertiary alicyclic amines) is 2. The van der Waals surface area contributed by atoms with Crippen molar-refractivity contribution in [1.29, 1.82) is 0 Å².